The molecule has 10 heteroatoms. The van der Waals surface area contributed by atoms with Gasteiger partial charge in [0.25, 0.3) is 5.91 Å². The lowest BCUT2D eigenvalue weighted by Gasteiger charge is -2.25. The fourth-order valence-electron chi connectivity index (χ4n) is 3.51. The lowest BCUT2D eigenvalue weighted by Crippen LogP contribution is -2.52. The molecule has 0 bridgehead atoms. The molecule has 1 aliphatic heterocycles. The lowest BCUT2D eigenvalue weighted by atomic mass is 10.0. The average molecular weight is 472 g/mol. The molecule has 2 aromatic rings. The normalized spacial score (nSPS) is 14.4. The van der Waals surface area contributed by atoms with Gasteiger partial charge in [0, 0.05) is 36.4 Å². The van der Waals surface area contributed by atoms with Crippen LogP contribution in [0.2, 0.25) is 0 Å². The Balaban J connectivity index is 1.65. The molecular formula is C24H23F3N4O3. The second-order valence-electron chi connectivity index (χ2n) is 7.86. The van der Waals surface area contributed by atoms with Crippen molar-refractivity contribution in [3.8, 4) is 12.3 Å². The molecule has 1 heterocycles. The molecule has 0 unspecified atom stereocenters. The number of anilines is 1. The van der Waals surface area contributed by atoms with E-state index in [0.717, 1.165) is 11.6 Å². The number of nitrogens with one attached hydrogen (secondary N) is 3. The van der Waals surface area contributed by atoms with Crippen LogP contribution in [-0.4, -0.2) is 48.8 Å². The third-order valence-corrected chi connectivity index (χ3v) is 5.26. The van der Waals surface area contributed by atoms with Gasteiger partial charge in [-0.25, -0.2) is 0 Å². The number of alkyl halides is 3. The number of amides is 3. The highest BCUT2D eigenvalue weighted by Crippen LogP contribution is 2.34. The van der Waals surface area contributed by atoms with Gasteiger partial charge in [0.15, 0.2) is 0 Å². The Morgan fingerprint density at radius 1 is 1.15 bits per heavy atom. The molecule has 0 aliphatic carbocycles. The Morgan fingerprint density at radius 2 is 1.85 bits per heavy atom. The van der Waals surface area contributed by atoms with Crippen molar-refractivity contribution in [3.05, 3.63) is 64.2 Å². The van der Waals surface area contributed by atoms with Gasteiger partial charge < -0.3 is 10.6 Å². The second kappa shape index (κ2) is 10.5. The predicted molar refractivity (Wildman–Crippen MR) is 120 cm³/mol. The molecule has 1 saturated heterocycles. The summed E-state index contributed by atoms with van der Waals surface area (Å²) in [6, 6.07) is 8.31. The molecule has 178 valence electrons. The summed E-state index contributed by atoms with van der Waals surface area (Å²) < 4.78 is 41.0. The van der Waals surface area contributed by atoms with Crippen molar-refractivity contribution in [1.82, 2.24) is 15.5 Å². The Kier molecular flexibility index (Phi) is 7.71. The number of carbonyl (C=O) groups is 3. The van der Waals surface area contributed by atoms with Crippen molar-refractivity contribution < 1.29 is 27.6 Å². The van der Waals surface area contributed by atoms with Gasteiger partial charge >= 0.3 is 6.18 Å². The van der Waals surface area contributed by atoms with E-state index in [1.807, 2.05) is 0 Å². The topological polar surface area (TPSA) is 90.5 Å². The largest absolute Gasteiger partial charge is 0.416 e. The minimum Gasteiger partial charge on any atom is -0.322 e. The fourth-order valence-corrected chi connectivity index (χ4v) is 3.51. The Hall–Kier alpha value is -3.68. The third kappa shape index (κ3) is 6.43. The summed E-state index contributed by atoms with van der Waals surface area (Å²) >= 11 is 0. The monoisotopic (exact) mass is 472 g/mol. The highest BCUT2D eigenvalue weighted by Gasteiger charge is 2.33. The zero-order chi connectivity index (χ0) is 24.9. The molecule has 0 saturated carbocycles. The van der Waals surface area contributed by atoms with Crippen molar-refractivity contribution in [2.75, 3.05) is 31.5 Å². The Labute approximate surface area is 194 Å². The summed E-state index contributed by atoms with van der Waals surface area (Å²) in [4.78, 5) is 36.9. The van der Waals surface area contributed by atoms with Gasteiger partial charge in [0.05, 0.1) is 18.7 Å². The quantitative estimate of drug-likeness (QED) is 0.327. The van der Waals surface area contributed by atoms with E-state index in [1.54, 1.807) is 24.0 Å². The summed E-state index contributed by atoms with van der Waals surface area (Å²) in [6.45, 7) is 2.42. The van der Waals surface area contributed by atoms with E-state index in [9.17, 15) is 27.6 Å². The van der Waals surface area contributed by atoms with Gasteiger partial charge in [-0.05, 0) is 42.3 Å². The number of nitrogens with zero attached hydrogens (tertiary/aromatic N) is 1. The number of rotatable bonds is 7. The van der Waals surface area contributed by atoms with Crippen molar-refractivity contribution in [1.29, 1.82) is 0 Å². The molecule has 1 fully saturated rings. The molecule has 1 aliphatic rings. The minimum absolute atomic E-state index is 0.00162. The van der Waals surface area contributed by atoms with Crippen LogP contribution in [0.1, 0.15) is 32.6 Å². The summed E-state index contributed by atoms with van der Waals surface area (Å²) in [5.74, 6) is 1.08. The SMILES string of the molecule is C#Cc1cc(C(=O)Nc2ccc(CNCCN3CC(=O)NC(=O)C3)c(C(F)(F)F)c2)ccc1C. The molecule has 7 nitrogen and oxygen atoms in total. The van der Waals surface area contributed by atoms with E-state index < -0.39 is 29.5 Å². The van der Waals surface area contributed by atoms with Gasteiger partial charge in [-0.1, -0.05) is 18.1 Å². The van der Waals surface area contributed by atoms with Crippen LogP contribution < -0.4 is 16.0 Å². The molecule has 3 rings (SSSR count). The predicted octanol–water partition coefficient (Wildman–Crippen LogP) is 2.30. The molecule has 2 aromatic carbocycles. The van der Waals surface area contributed by atoms with E-state index in [-0.39, 0.29) is 43.0 Å². The summed E-state index contributed by atoms with van der Waals surface area (Å²) in [5.41, 5.74) is 0.705. The van der Waals surface area contributed by atoms with Crippen LogP contribution >= 0.6 is 0 Å². The van der Waals surface area contributed by atoms with Crippen LogP contribution in [0.4, 0.5) is 18.9 Å². The number of imide groups is 1. The van der Waals surface area contributed by atoms with Gasteiger partial charge in [0.2, 0.25) is 11.8 Å². The van der Waals surface area contributed by atoms with E-state index in [4.69, 9.17) is 6.42 Å². The molecule has 0 aromatic heterocycles. The summed E-state index contributed by atoms with van der Waals surface area (Å²) in [5, 5.41) is 7.57. The van der Waals surface area contributed by atoms with E-state index in [2.05, 4.69) is 21.9 Å². The van der Waals surface area contributed by atoms with Crippen LogP contribution in [-0.2, 0) is 22.3 Å². The van der Waals surface area contributed by atoms with Gasteiger partial charge in [-0.2, -0.15) is 13.2 Å². The van der Waals surface area contributed by atoms with Gasteiger partial charge in [-0.15, -0.1) is 6.42 Å². The number of aryl methyl sites for hydroxylation is 1. The third-order valence-electron chi connectivity index (χ3n) is 5.26. The lowest BCUT2D eigenvalue weighted by molar-refractivity contribution is -0.138. The molecular weight excluding hydrogens is 449 g/mol. The number of halogens is 3. The number of carbonyl (C=O) groups excluding carboxylic acids is 3. The highest BCUT2D eigenvalue weighted by molar-refractivity contribution is 6.04. The van der Waals surface area contributed by atoms with Crippen molar-refractivity contribution >= 4 is 23.4 Å². The first kappa shape index (κ1) is 25.0. The molecule has 3 N–H and O–H groups in total. The molecule has 0 spiro atoms. The van der Waals surface area contributed by atoms with Crippen LogP contribution in [0.3, 0.4) is 0 Å². The second-order valence-corrected chi connectivity index (χ2v) is 7.86. The maximum atomic E-state index is 13.7. The maximum absolute atomic E-state index is 13.7. The van der Waals surface area contributed by atoms with Crippen LogP contribution in [0.5, 0.6) is 0 Å². The average Bonchev–Trinajstić information content (AvgIpc) is 2.76. The Morgan fingerprint density at radius 3 is 2.50 bits per heavy atom. The maximum Gasteiger partial charge on any atom is 0.416 e. The number of terminal acetylenes is 1. The van der Waals surface area contributed by atoms with E-state index in [1.165, 1.54) is 18.2 Å². The van der Waals surface area contributed by atoms with E-state index in [0.29, 0.717) is 12.1 Å². The smallest absolute Gasteiger partial charge is 0.322 e. The first-order valence-electron chi connectivity index (χ1n) is 10.4. The standard InChI is InChI=1S/C24H23F3N4O3/c1-3-16-10-17(5-4-15(16)2)23(34)29-19-7-6-18(20(11-19)24(25,26)27)12-28-8-9-31-13-21(32)30-22(33)14-31/h1,4-7,10-11,28H,8-9,12-14H2,2H3,(H,29,34)(H,30,32,33). The highest BCUT2D eigenvalue weighted by atomic mass is 19.4. The zero-order valence-corrected chi connectivity index (χ0v) is 18.4. The van der Waals surface area contributed by atoms with Gasteiger partial charge in [0.1, 0.15) is 0 Å². The summed E-state index contributed by atoms with van der Waals surface area (Å²) in [6.07, 6.45) is 0.784. The number of hydrogen-bond acceptors (Lipinski definition) is 5. The number of piperazine rings is 1. The van der Waals surface area contributed by atoms with Crippen LogP contribution in [0, 0.1) is 19.3 Å². The Bertz CT molecular complexity index is 1140. The van der Waals surface area contributed by atoms with E-state index >= 15 is 0 Å². The zero-order valence-electron chi connectivity index (χ0n) is 18.4. The summed E-state index contributed by atoms with van der Waals surface area (Å²) in [7, 11) is 0. The van der Waals surface area contributed by atoms with Crippen LogP contribution in [0.25, 0.3) is 0 Å². The first-order chi connectivity index (χ1) is 16.1. The molecule has 0 radical (unpaired) electrons. The number of benzene rings is 2. The van der Waals surface area contributed by atoms with Crippen LogP contribution in [0.15, 0.2) is 36.4 Å². The van der Waals surface area contributed by atoms with Crippen molar-refractivity contribution in [2.24, 2.45) is 0 Å². The minimum atomic E-state index is -4.63. The first-order valence-corrected chi connectivity index (χ1v) is 10.4. The fraction of sp³-hybridized carbons (Fsp3) is 0.292. The van der Waals surface area contributed by atoms with Gasteiger partial charge in [-0.3, -0.25) is 24.6 Å². The molecule has 0 atom stereocenters. The van der Waals surface area contributed by atoms with Crippen molar-refractivity contribution in [2.45, 2.75) is 19.6 Å². The molecule has 34 heavy (non-hydrogen) atoms. The number of hydrogen-bond donors (Lipinski definition) is 3. The molecule has 3 amide bonds. The van der Waals surface area contributed by atoms with Crippen molar-refractivity contribution in [3.63, 3.8) is 0 Å².